The average Bonchev–Trinajstić information content (AvgIpc) is 3.07. The molecule has 2 aliphatic heterocycles. The van der Waals surface area contributed by atoms with E-state index in [-0.39, 0.29) is 23.5 Å². The molecule has 4 aliphatic rings. The van der Waals surface area contributed by atoms with Crippen LogP contribution in [0.5, 0.6) is 11.5 Å². The van der Waals surface area contributed by atoms with E-state index in [9.17, 15) is 15.0 Å². The molecule has 1 spiro atoms. The average molecular weight is 391 g/mol. The quantitative estimate of drug-likeness (QED) is 0.822. The third-order valence-corrected chi connectivity index (χ3v) is 8.02. The molecule has 2 heterocycles. The Morgan fingerprint density at radius 3 is 2.79 bits per heavy atom. The van der Waals surface area contributed by atoms with Crippen molar-refractivity contribution in [3.05, 3.63) is 59.2 Å². The molecule has 0 aromatic heterocycles. The molecular formula is C24H25NO4. The number of ether oxygens (including phenoxy) is 1. The highest BCUT2D eigenvalue weighted by atomic mass is 16.5. The standard InChI is InChI=1S/C24H25NO4/c1-25-10-9-23-19-15-7-8-17(26)21(19)29-22(23)20(27)16(11-14-5-3-2-4-6-14)13-24(23,28)18(25)12-15/h2-8,16,18,22,26,28H,9-13H2,1H3/t16-,18+,22-,23-,24?/m0/s1. The lowest BCUT2D eigenvalue weighted by atomic mass is 9.47. The van der Waals surface area contributed by atoms with E-state index in [0.717, 1.165) is 23.2 Å². The molecule has 5 atom stereocenters. The number of benzene rings is 2. The fourth-order valence-corrected chi connectivity index (χ4v) is 6.74. The summed E-state index contributed by atoms with van der Waals surface area (Å²) in [6.07, 6.45) is 1.68. The van der Waals surface area contributed by atoms with Crippen molar-refractivity contribution in [2.24, 2.45) is 5.92 Å². The van der Waals surface area contributed by atoms with Crippen LogP contribution < -0.4 is 4.74 Å². The van der Waals surface area contributed by atoms with Gasteiger partial charge in [-0.3, -0.25) is 4.79 Å². The van der Waals surface area contributed by atoms with Crippen LogP contribution in [-0.4, -0.2) is 52.2 Å². The molecule has 1 saturated carbocycles. The number of nitrogens with zero attached hydrogens (tertiary/aromatic N) is 1. The lowest BCUT2D eigenvalue weighted by molar-refractivity contribution is -0.194. The zero-order valence-corrected chi connectivity index (χ0v) is 16.5. The Morgan fingerprint density at radius 1 is 1.21 bits per heavy atom. The summed E-state index contributed by atoms with van der Waals surface area (Å²) in [4.78, 5) is 15.9. The predicted octanol–water partition coefficient (Wildman–Crippen LogP) is 2.21. The molecule has 2 bridgehead atoms. The van der Waals surface area contributed by atoms with Gasteiger partial charge in [0, 0.05) is 17.5 Å². The first kappa shape index (κ1) is 17.5. The number of phenolic OH excluding ortho intramolecular Hbond substituents is 1. The van der Waals surface area contributed by atoms with Crippen molar-refractivity contribution >= 4 is 5.78 Å². The Hall–Kier alpha value is -2.37. The first-order valence-electron chi connectivity index (χ1n) is 10.5. The van der Waals surface area contributed by atoms with Gasteiger partial charge in [0.2, 0.25) is 0 Å². The number of carbonyl (C=O) groups excluding carboxylic acids is 1. The highest BCUT2D eigenvalue weighted by molar-refractivity contribution is 5.92. The number of hydrogen-bond acceptors (Lipinski definition) is 5. The molecule has 5 heteroatoms. The largest absolute Gasteiger partial charge is 0.504 e. The zero-order valence-electron chi connectivity index (χ0n) is 16.5. The Labute approximate surface area is 169 Å². The van der Waals surface area contributed by atoms with E-state index in [1.807, 2.05) is 36.4 Å². The first-order chi connectivity index (χ1) is 14.0. The van der Waals surface area contributed by atoms with Gasteiger partial charge < -0.3 is 19.8 Å². The Balaban J connectivity index is 1.53. The summed E-state index contributed by atoms with van der Waals surface area (Å²) in [7, 11) is 2.06. The molecule has 5 nitrogen and oxygen atoms in total. The minimum Gasteiger partial charge on any atom is -0.504 e. The minimum atomic E-state index is -1.05. The van der Waals surface area contributed by atoms with Gasteiger partial charge in [-0.1, -0.05) is 36.4 Å². The number of Topliss-reactive ketones (excluding diaryl/α,β-unsaturated/α-hetero) is 1. The summed E-state index contributed by atoms with van der Waals surface area (Å²) in [5.41, 5.74) is 1.27. The second-order valence-electron chi connectivity index (χ2n) is 9.29. The van der Waals surface area contributed by atoms with Crippen molar-refractivity contribution in [1.29, 1.82) is 0 Å². The summed E-state index contributed by atoms with van der Waals surface area (Å²) in [5.74, 6) is 0.250. The number of carbonyl (C=O) groups is 1. The Kier molecular flexibility index (Phi) is 3.38. The number of hydrogen-bond donors (Lipinski definition) is 2. The molecule has 29 heavy (non-hydrogen) atoms. The van der Waals surface area contributed by atoms with E-state index in [2.05, 4.69) is 11.9 Å². The van der Waals surface area contributed by atoms with E-state index in [0.29, 0.717) is 31.4 Å². The minimum absolute atomic E-state index is 0.0586. The zero-order chi connectivity index (χ0) is 20.0. The van der Waals surface area contributed by atoms with Crippen LogP contribution >= 0.6 is 0 Å². The number of likely N-dealkylation sites (N-methyl/N-ethyl adjacent to an activating group) is 1. The molecule has 6 rings (SSSR count). The molecule has 0 amide bonds. The van der Waals surface area contributed by atoms with E-state index in [4.69, 9.17) is 4.74 Å². The number of likely N-dealkylation sites (tertiary alicyclic amines) is 1. The number of piperidine rings is 1. The van der Waals surface area contributed by atoms with Crippen LogP contribution in [0.4, 0.5) is 0 Å². The topological polar surface area (TPSA) is 70.0 Å². The highest BCUT2D eigenvalue weighted by Crippen LogP contribution is 2.65. The van der Waals surface area contributed by atoms with Crippen LogP contribution in [-0.2, 0) is 23.1 Å². The van der Waals surface area contributed by atoms with Crippen LogP contribution in [0.25, 0.3) is 0 Å². The maximum Gasteiger partial charge on any atom is 0.177 e. The normalized spacial score (nSPS) is 37.2. The fourth-order valence-electron chi connectivity index (χ4n) is 6.74. The summed E-state index contributed by atoms with van der Waals surface area (Å²) in [5, 5.41) is 22.8. The van der Waals surface area contributed by atoms with Gasteiger partial charge in [-0.15, -0.1) is 0 Å². The molecule has 2 aliphatic carbocycles. The lowest BCUT2D eigenvalue weighted by Gasteiger charge is -2.63. The predicted molar refractivity (Wildman–Crippen MR) is 107 cm³/mol. The molecule has 2 fully saturated rings. The van der Waals surface area contributed by atoms with Crippen LogP contribution in [0.15, 0.2) is 42.5 Å². The van der Waals surface area contributed by atoms with Gasteiger partial charge in [-0.05, 0) is 56.5 Å². The maximum absolute atomic E-state index is 13.7. The lowest BCUT2D eigenvalue weighted by Crippen LogP contribution is -2.77. The van der Waals surface area contributed by atoms with Gasteiger partial charge >= 0.3 is 0 Å². The number of aliphatic hydroxyl groups is 1. The van der Waals surface area contributed by atoms with Crippen molar-refractivity contribution in [2.75, 3.05) is 13.6 Å². The summed E-state index contributed by atoms with van der Waals surface area (Å²) >= 11 is 0. The third kappa shape index (κ3) is 2.00. The van der Waals surface area contributed by atoms with Gasteiger partial charge in [0.05, 0.1) is 11.0 Å². The van der Waals surface area contributed by atoms with E-state index in [1.165, 1.54) is 0 Å². The number of ketones is 1. The van der Waals surface area contributed by atoms with Crippen molar-refractivity contribution < 1.29 is 19.7 Å². The summed E-state index contributed by atoms with van der Waals surface area (Å²) in [6.45, 7) is 0.804. The fraction of sp³-hybridized carbons (Fsp3) is 0.458. The van der Waals surface area contributed by atoms with Crippen LogP contribution in [0.3, 0.4) is 0 Å². The molecule has 150 valence electrons. The maximum atomic E-state index is 13.7. The smallest absolute Gasteiger partial charge is 0.177 e. The van der Waals surface area contributed by atoms with E-state index in [1.54, 1.807) is 6.07 Å². The molecule has 2 aromatic rings. The van der Waals surface area contributed by atoms with Crippen LogP contribution in [0, 0.1) is 5.92 Å². The monoisotopic (exact) mass is 391 g/mol. The number of phenols is 1. The highest BCUT2D eigenvalue weighted by Gasteiger charge is 2.74. The van der Waals surface area contributed by atoms with Crippen molar-refractivity contribution in [2.45, 2.75) is 48.8 Å². The molecule has 2 N–H and O–H groups in total. The third-order valence-electron chi connectivity index (χ3n) is 8.02. The van der Waals surface area contributed by atoms with E-state index < -0.39 is 17.1 Å². The van der Waals surface area contributed by atoms with Gasteiger partial charge in [0.25, 0.3) is 0 Å². The summed E-state index contributed by atoms with van der Waals surface area (Å²) in [6, 6.07) is 13.5. The Morgan fingerprint density at radius 2 is 2.00 bits per heavy atom. The number of rotatable bonds is 2. The van der Waals surface area contributed by atoms with Crippen molar-refractivity contribution in [3.8, 4) is 11.5 Å². The van der Waals surface area contributed by atoms with E-state index >= 15 is 0 Å². The van der Waals surface area contributed by atoms with Crippen LogP contribution in [0.2, 0.25) is 0 Å². The van der Waals surface area contributed by atoms with Gasteiger partial charge in [0.1, 0.15) is 0 Å². The molecule has 0 radical (unpaired) electrons. The SMILES string of the molecule is CN1CC[C@]23c4c5ccc(O)c4O[C@H]2C(=O)[C@@H](Cc2ccccc2)CC3(O)[C@H]1C5. The van der Waals surface area contributed by atoms with Gasteiger partial charge in [0.15, 0.2) is 23.4 Å². The molecule has 1 unspecified atom stereocenters. The molecular weight excluding hydrogens is 366 g/mol. The van der Waals surface area contributed by atoms with Crippen molar-refractivity contribution in [1.82, 2.24) is 4.90 Å². The van der Waals surface area contributed by atoms with Crippen molar-refractivity contribution in [3.63, 3.8) is 0 Å². The second-order valence-corrected chi connectivity index (χ2v) is 9.29. The Bertz CT molecular complexity index is 1020. The van der Waals surface area contributed by atoms with Gasteiger partial charge in [-0.25, -0.2) is 0 Å². The number of aromatic hydroxyl groups is 1. The first-order valence-corrected chi connectivity index (χ1v) is 10.5. The molecule has 1 saturated heterocycles. The van der Waals surface area contributed by atoms with Crippen LogP contribution in [0.1, 0.15) is 29.5 Å². The summed E-state index contributed by atoms with van der Waals surface area (Å²) < 4.78 is 6.21. The second kappa shape index (κ2) is 5.61. The van der Waals surface area contributed by atoms with Gasteiger partial charge in [-0.2, -0.15) is 0 Å². The molecule has 2 aromatic carbocycles.